The number of carbonyl (C=O) groups excluding carboxylic acids is 1. The zero-order chi connectivity index (χ0) is 26.2. The lowest BCUT2D eigenvalue weighted by molar-refractivity contribution is 0.0896. The number of ether oxygens (including phenoxy) is 2. The van der Waals surface area contributed by atoms with Crippen molar-refractivity contribution in [1.29, 1.82) is 0 Å². The second-order valence-corrected chi connectivity index (χ2v) is 9.01. The summed E-state index contributed by atoms with van der Waals surface area (Å²) < 4.78 is 10.8. The van der Waals surface area contributed by atoms with Crippen LogP contribution in [0.3, 0.4) is 0 Å². The molecule has 1 aliphatic rings. The highest BCUT2D eigenvalue weighted by Gasteiger charge is 2.16. The maximum absolute atomic E-state index is 12.9. The van der Waals surface area contributed by atoms with E-state index >= 15 is 0 Å². The summed E-state index contributed by atoms with van der Waals surface area (Å²) in [5, 5.41) is 6.34. The number of methoxy groups -OCH3 is 1. The molecule has 2 N–H and O–H groups in total. The van der Waals surface area contributed by atoms with E-state index in [4.69, 9.17) is 9.47 Å². The first-order valence-corrected chi connectivity index (χ1v) is 12.7. The summed E-state index contributed by atoms with van der Waals surface area (Å²) in [4.78, 5) is 24.3. The summed E-state index contributed by atoms with van der Waals surface area (Å²) in [6.07, 6.45) is 1.72. The molecule has 0 bridgehead atoms. The molecule has 1 unspecified atom stereocenters. The van der Waals surface area contributed by atoms with Crippen LogP contribution in [0.4, 0.5) is 17.3 Å². The highest BCUT2D eigenvalue weighted by molar-refractivity contribution is 5.95. The Balaban J connectivity index is 1.24. The van der Waals surface area contributed by atoms with Crippen LogP contribution in [-0.4, -0.2) is 55.9 Å². The van der Waals surface area contributed by atoms with Crippen molar-refractivity contribution in [2.75, 3.05) is 50.2 Å². The van der Waals surface area contributed by atoms with E-state index in [-0.39, 0.29) is 11.9 Å². The van der Waals surface area contributed by atoms with Crippen LogP contribution in [-0.2, 0) is 9.47 Å². The Bertz CT molecular complexity index is 1320. The lowest BCUT2D eigenvalue weighted by Gasteiger charge is -2.28. The second kappa shape index (κ2) is 12.3. The van der Waals surface area contributed by atoms with Crippen molar-refractivity contribution >= 4 is 23.2 Å². The van der Waals surface area contributed by atoms with E-state index in [1.54, 1.807) is 25.4 Å². The fourth-order valence-electron chi connectivity index (χ4n) is 4.39. The van der Waals surface area contributed by atoms with E-state index in [2.05, 4.69) is 37.6 Å². The minimum Gasteiger partial charge on any atom is -0.382 e. The molecule has 0 aliphatic carbocycles. The Morgan fingerprint density at radius 2 is 1.71 bits per heavy atom. The van der Waals surface area contributed by atoms with Gasteiger partial charge in [-0.1, -0.05) is 42.5 Å². The molecule has 8 nitrogen and oxygen atoms in total. The van der Waals surface area contributed by atoms with Crippen molar-refractivity contribution in [3.63, 3.8) is 0 Å². The number of aromatic nitrogens is 2. The van der Waals surface area contributed by atoms with Crippen molar-refractivity contribution in [3.8, 4) is 11.3 Å². The number of hydrogen-bond acceptors (Lipinski definition) is 7. The molecule has 1 aliphatic heterocycles. The minimum absolute atomic E-state index is 0.159. The van der Waals surface area contributed by atoms with E-state index in [0.717, 1.165) is 48.8 Å². The highest BCUT2D eigenvalue weighted by atomic mass is 16.5. The van der Waals surface area contributed by atoms with Crippen molar-refractivity contribution < 1.29 is 14.3 Å². The van der Waals surface area contributed by atoms with Crippen LogP contribution < -0.4 is 15.5 Å². The van der Waals surface area contributed by atoms with Crippen molar-refractivity contribution in [3.05, 3.63) is 102 Å². The zero-order valence-corrected chi connectivity index (χ0v) is 21.3. The van der Waals surface area contributed by atoms with E-state index in [0.29, 0.717) is 18.1 Å². The summed E-state index contributed by atoms with van der Waals surface area (Å²) in [6, 6.07) is 27.1. The van der Waals surface area contributed by atoms with Gasteiger partial charge in [-0.15, -0.1) is 0 Å². The Morgan fingerprint density at radius 1 is 0.974 bits per heavy atom. The number of morpholine rings is 1. The van der Waals surface area contributed by atoms with Crippen LogP contribution in [0.15, 0.2) is 91.1 Å². The number of benzene rings is 3. The maximum atomic E-state index is 12.9. The molecule has 5 rings (SSSR count). The number of amides is 1. The average molecular weight is 510 g/mol. The standard InChI is InChI=1S/C30H31N5O3/c1-37-21-28(22-5-3-2-4-6-22)33-29(36)24-9-7-23(8-10-24)27-15-16-31-30(34-27)32-25-11-13-26(14-12-25)35-17-19-38-20-18-35/h2-16,28H,17-21H2,1H3,(H,33,36)(H,31,32,34). The quantitative estimate of drug-likeness (QED) is 0.334. The molecule has 3 aromatic carbocycles. The van der Waals surface area contributed by atoms with Gasteiger partial charge in [0.15, 0.2) is 0 Å². The van der Waals surface area contributed by atoms with Gasteiger partial charge in [-0.25, -0.2) is 9.97 Å². The summed E-state index contributed by atoms with van der Waals surface area (Å²) >= 11 is 0. The fourth-order valence-corrected chi connectivity index (χ4v) is 4.39. The molecule has 1 fully saturated rings. The summed E-state index contributed by atoms with van der Waals surface area (Å²) in [5.41, 5.74) is 5.31. The molecule has 194 valence electrons. The van der Waals surface area contributed by atoms with Gasteiger partial charge < -0.3 is 25.0 Å². The van der Waals surface area contributed by atoms with Crippen LogP contribution >= 0.6 is 0 Å². The van der Waals surface area contributed by atoms with Gasteiger partial charge in [0.2, 0.25) is 5.95 Å². The second-order valence-electron chi connectivity index (χ2n) is 9.01. The Hall–Kier alpha value is -4.27. The molecule has 1 atom stereocenters. The van der Waals surface area contributed by atoms with Gasteiger partial charge in [-0.2, -0.15) is 0 Å². The van der Waals surface area contributed by atoms with Gasteiger partial charge in [0.1, 0.15) is 0 Å². The molecular weight excluding hydrogens is 478 g/mol. The van der Waals surface area contributed by atoms with Crippen LogP contribution in [0.1, 0.15) is 22.0 Å². The molecule has 1 amide bonds. The molecule has 1 saturated heterocycles. The molecular formula is C30H31N5O3. The maximum Gasteiger partial charge on any atom is 0.251 e. The largest absolute Gasteiger partial charge is 0.382 e. The zero-order valence-electron chi connectivity index (χ0n) is 21.3. The molecule has 8 heteroatoms. The Kier molecular flexibility index (Phi) is 8.23. The predicted molar refractivity (Wildman–Crippen MR) is 149 cm³/mol. The normalized spacial score (nSPS) is 14.1. The van der Waals surface area contributed by atoms with E-state index in [9.17, 15) is 4.79 Å². The SMILES string of the molecule is COCC(NC(=O)c1ccc(-c2ccnc(Nc3ccc(N4CCOCC4)cc3)n2)cc1)c1ccccc1. The third-order valence-corrected chi connectivity index (χ3v) is 6.44. The highest BCUT2D eigenvalue weighted by Crippen LogP contribution is 2.23. The summed E-state index contributed by atoms with van der Waals surface area (Å²) in [6.45, 7) is 3.71. The number of rotatable bonds is 9. The van der Waals surface area contributed by atoms with E-state index < -0.39 is 0 Å². The van der Waals surface area contributed by atoms with Crippen molar-refractivity contribution in [1.82, 2.24) is 15.3 Å². The van der Waals surface area contributed by atoms with Gasteiger partial charge >= 0.3 is 0 Å². The monoisotopic (exact) mass is 509 g/mol. The first-order valence-electron chi connectivity index (χ1n) is 12.7. The topological polar surface area (TPSA) is 88.6 Å². The predicted octanol–water partition coefficient (Wildman–Crippen LogP) is 4.84. The van der Waals surface area contributed by atoms with Crippen molar-refractivity contribution in [2.24, 2.45) is 0 Å². The van der Waals surface area contributed by atoms with Crippen LogP contribution in [0, 0.1) is 0 Å². The van der Waals surface area contributed by atoms with Gasteiger partial charge in [0.05, 0.1) is 31.6 Å². The molecule has 0 radical (unpaired) electrons. The first kappa shape index (κ1) is 25.4. The van der Waals surface area contributed by atoms with Crippen LogP contribution in [0.5, 0.6) is 0 Å². The number of carbonyl (C=O) groups is 1. The molecule has 4 aromatic rings. The third kappa shape index (κ3) is 6.34. The van der Waals surface area contributed by atoms with Gasteiger partial charge in [0.25, 0.3) is 5.91 Å². The lowest BCUT2D eigenvalue weighted by atomic mass is 10.1. The van der Waals surface area contributed by atoms with Gasteiger partial charge in [-0.3, -0.25) is 4.79 Å². The molecule has 1 aromatic heterocycles. The number of anilines is 3. The minimum atomic E-state index is -0.230. The van der Waals surface area contributed by atoms with Gasteiger partial charge in [-0.05, 0) is 48.0 Å². The fraction of sp³-hybridized carbons (Fsp3) is 0.233. The van der Waals surface area contributed by atoms with E-state index in [1.807, 2.05) is 60.7 Å². The summed E-state index contributed by atoms with van der Waals surface area (Å²) in [5.74, 6) is 0.349. The van der Waals surface area contributed by atoms with Gasteiger partial charge in [0, 0.05) is 48.9 Å². The number of nitrogens with one attached hydrogen (secondary N) is 2. The average Bonchev–Trinajstić information content (AvgIpc) is 2.98. The van der Waals surface area contributed by atoms with E-state index in [1.165, 1.54) is 5.69 Å². The first-order chi connectivity index (χ1) is 18.7. The van der Waals surface area contributed by atoms with Crippen LogP contribution in [0.25, 0.3) is 11.3 Å². The Morgan fingerprint density at radius 3 is 2.42 bits per heavy atom. The number of hydrogen-bond donors (Lipinski definition) is 2. The number of nitrogens with zero attached hydrogens (tertiary/aromatic N) is 3. The lowest BCUT2D eigenvalue weighted by Crippen LogP contribution is -2.36. The van der Waals surface area contributed by atoms with Crippen molar-refractivity contribution in [2.45, 2.75) is 6.04 Å². The molecule has 38 heavy (non-hydrogen) atoms. The molecule has 2 heterocycles. The molecule has 0 spiro atoms. The van der Waals surface area contributed by atoms with Crippen LogP contribution in [0.2, 0.25) is 0 Å². The molecule has 0 saturated carbocycles. The summed E-state index contributed by atoms with van der Waals surface area (Å²) in [7, 11) is 1.63. The third-order valence-electron chi connectivity index (χ3n) is 6.44. The smallest absolute Gasteiger partial charge is 0.251 e. The Labute approximate surface area is 222 Å².